The van der Waals surface area contributed by atoms with Crippen molar-refractivity contribution >= 4 is 5.96 Å². The maximum atomic E-state index is 11.9. The van der Waals surface area contributed by atoms with Gasteiger partial charge >= 0.3 is 0 Å². The maximum Gasteiger partial charge on any atom is 0.250 e. The van der Waals surface area contributed by atoms with Crippen molar-refractivity contribution in [2.75, 3.05) is 26.2 Å². The van der Waals surface area contributed by atoms with Gasteiger partial charge in [-0.05, 0) is 51.8 Å². The zero-order valence-electron chi connectivity index (χ0n) is 17.2. The van der Waals surface area contributed by atoms with Gasteiger partial charge < -0.3 is 19.9 Å². The number of aliphatic imine (C=N–C) groups is 1. The highest BCUT2D eigenvalue weighted by Crippen LogP contribution is 2.10. The Morgan fingerprint density at radius 2 is 1.86 bits per heavy atom. The molecule has 0 aliphatic heterocycles. The number of nitrogens with zero attached hydrogens (tertiary/aromatic N) is 2. The van der Waals surface area contributed by atoms with Crippen LogP contribution >= 0.6 is 0 Å². The first kappa shape index (κ1) is 21.5. The van der Waals surface area contributed by atoms with E-state index in [-0.39, 0.29) is 5.56 Å². The van der Waals surface area contributed by atoms with E-state index in [0.717, 1.165) is 49.9 Å². The van der Waals surface area contributed by atoms with E-state index in [4.69, 9.17) is 4.74 Å². The monoisotopic (exact) mass is 384 g/mol. The molecule has 2 aromatic rings. The van der Waals surface area contributed by atoms with Gasteiger partial charge in [0.1, 0.15) is 12.4 Å². The third kappa shape index (κ3) is 7.47. The Labute approximate surface area is 167 Å². The van der Waals surface area contributed by atoms with E-state index in [9.17, 15) is 4.79 Å². The third-order valence-corrected chi connectivity index (χ3v) is 4.36. The van der Waals surface area contributed by atoms with E-state index in [1.54, 1.807) is 12.1 Å². The van der Waals surface area contributed by atoms with Crippen molar-refractivity contribution in [2.24, 2.45) is 4.99 Å². The summed E-state index contributed by atoms with van der Waals surface area (Å²) < 4.78 is 7.54. The van der Waals surface area contributed by atoms with Crippen LogP contribution in [0.25, 0.3) is 0 Å². The summed E-state index contributed by atoms with van der Waals surface area (Å²) in [5, 5.41) is 6.53. The molecule has 0 saturated heterocycles. The molecule has 0 amide bonds. The topological polar surface area (TPSA) is 67.7 Å². The molecule has 0 spiro atoms. The van der Waals surface area contributed by atoms with Crippen LogP contribution in [-0.4, -0.2) is 36.8 Å². The Bertz CT molecular complexity index is 797. The van der Waals surface area contributed by atoms with Gasteiger partial charge in [0.25, 0.3) is 5.56 Å². The number of rotatable bonds is 10. The summed E-state index contributed by atoms with van der Waals surface area (Å²) in [7, 11) is 0. The van der Waals surface area contributed by atoms with Gasteiger partial charge in [0.05, 0.1) is 6.54 Å². The third-order valence-electron chi connectivity index (χ3n) is 4.36. The van der Waals surface area contributed by atoms with Crippen LogP contribution in [0.15, 0.2) is 52.3 Å². The largest absolute Gasteiger partial charge is 0.492 e. The first-order valence-corrected chi connectivity index (χ1v) is 9.98. The summed E-state index contributed by atoms with van der Waals surface area (Å²) in [6, 6.07) is 13.4. The number of ether oxygens (including phenoxy) is 1. The summed E-state index contributed by atoms with van der Waals surface area (Å²) in [6.45, 7) is 9.58. The second-order valence-electron chi connectivity index (χ2n) is 6.71. The minimum absolute atomic E-state index is 0.0621. The van der Waals surface area contributed by atoms with E-state index in [0.29, 0.717) is 13.2 Å². The quantitative estimate of drug-likeness (QED) is 0.375. The number of benzene rings is 1. The average Bonchev–Trinajstić information content (AvgIpc) is 2.68. The SMILES string of the molecule is CCNC(=NCCCCn1c(C)cccc1=O)NCCOc1ccc(C)cc1. The molecule has 0 aliphatic rings. The molecule has 0 unspecified atom stereocenters. The second-order valence-corrected chi connectivity index (χ2v) is 6.71. The normalized spacial score (nSPS) is 11.3. The van der Waals surface area contributed by atoms with Gasteiger partial charge in [0.15, 0.2) is 5.96 Å². The van der Waals surface area contributed by atoms with Crippen molar-refractivity contribution in [3.05, 3.63) is 64.1 Å². The Morgan fingerprint density at radius 1 is 1.07 bits per heavy atom. The summed E-state index contributed by atoms with van der Waals surface area (Å²) in [6.07, 6.45) is 1.85. The number of pyridine rings is 1. The lowest BCUT2D eigenvalue weighted by molar-refractivity contribution is 0.322. The fraction of sp³-hybridized carbons (Fsp3) is 0.455. The van der Waals surface area contributed by atoms with Crippen molar-refractivity contribution in [1.82, 2.24) is 15.2 Å². The van der Waals surface area contributed by atoms with Gasteiger partial charge in [0.2, 0.25) is 0 Å². The number of aryl methyl sites for hydroxylation is 2. The summed E-state index contributed by atoms with van der Waals surface area (Å²) in [4.78, 5) is 16.5. The number of aromatic nitrogens is 1. The minimum Gasteiger partial charge on any atom is -0.492 e. The van der Waals surface area contributed by atoms with Crippen LogP contribution in [0, 0.1) is 13.8 Å². The molecule has 1 heterocycles. The van der Waals surface area contributed by atoms with E-state index in [2.05, 4.69) is 22.5 Å². The van der Waals surface area contributed by atoms with Gasteiger partial charge in [0, 0.05) is 31.4 Å². The molecule has 2 N–H and O–H groups in total. The van der Waals surface area contributed by atoms with Crippen LogP contribution < -0.4 is 20.9 Å². The number of hydrogen-bond donors (Lipinski definition) is 2. The molecule has 0 atom stereocenters. The second kappa shape index (κ2) is 11.8. The highest BCUT2D eigenvalue weighted by Gasteiger charge is 2.00. The summed E-state index contributed by atoms with van der Waals surface area (Å²) in [5.41, 5.74) is 2.28. The van der Waals surface area contributed by atoms with Crippen LogP contribution in [-0.2, 0) is 6.54 Å². The molecule has 0 radical (unpaired) electrons. The van der Waals surface area contributed by atoms with Gasteiger partial charge in [-0.1, -0.05) is 23.8 Å². The number of guanidine groups is 1. The Morgan fingerprint density at radius 3 is 2.57 bits per heavy atom. The summed E-state index contributed by atoms with van der Waals surface area (Å²) in [5.74, 6) is 1.67. The molecule has 6 nitrogen and oxygen atoms in total. The van der Waals surface area contributed by atoms with Crippen LogP contribution in [0.1, 0.15) is 31.0 Å². The molecule has 28 heavy (non-hydrogen) atoms. The lowest BCUT2D eigenvalue weighted by atomic mass is 10.2. The molecule has 1 aromatic heterocycles. The van der Waals surface area contributed by atoms with E-state index >= 15 is 0 Å². The Kier molecular flexibility index (Phi) is 9.11. The van der Waals surface area contributed by atoms with E-state index < -0.39 is 0 Å². The molecule has 0 fully saturated rings. The molecular formula is C22H32N4O2. The zero-order valence-corrected chi connectivity index (χ0v) is 17.2. The smallest absolute Gasteiger partial charge is 0.250 e. The van der Waals surface area contributed by atoms with Crippen LogP contribution in [0.4, 0.5) is 0 Å². The van der Waals surface area contributed by atoms with Crippen molar-refractivity contribution in [2.45, 2.75) is 40.2 Å². The number of nitrogens with one attached hydrogen (secondary N) is 2. The lowest BCUT2D eigenvalue weighted by Gasteiger charge is -2.12. The van der Waals surface area contributed by atoms with Crippen molar-refractivity contribution in [3.63, 3.8) is 0 Å². The Balaban J connectivity index is 1.69. The molecule has 2 rings (SSSR count). The van der Waals surface area contributed by atoms with Gasteiger partial charge in [-0.3, -0.25) is 9.79 Å². The minimum atomic E-state index is 0.0621. The summed E-state index contributed by atoms with van der Waals surface area (Å²) >= 11 is 0. The zero-order chi connectivity index (χ0) is 20.2. The van der Waals surface area contributed by atoms with E-state index in [1.807, 2.05) is 48.7 Å². The van der Waals surface area contributed by atoms with Gasteiger partial charge in [-0.15, -0.1) is 0 Å². The first-order valence-electron chi connectivity index (χ1n) is 9.98. The number of hydrogen-bond acceptors (Lipinski definition) is 3. The standard InChI is InChI=1S/C22H32N4O2/c1-4-23-22(25-15-17-28-20-12-10-18(2)11-13-20)24-14-5-6-16-26-19(3)8-7-9-21(26)27/h7-13H,4-6,14-17H2,1-3H3,(H2,23,24,25). The fourth-order valence-electron chi connectivity index (χ4n) is 2.80. The predicted molar refractivity (Wildman–Crippen MR) is 115 cm³/mol. The van der Waals surface area contributed by atoms with Crippen molar-refractivity contribution < 1.29 is 4.74 Å². The predicted octanol–water partition coefficient (Wildman–Crippen LogP) is 2.88. The fourth-order valence-corrected chi connectivity index (χ4v) is 2.80. The van der Waals surface area contributed by atoms with Crippen LogP contribution in [0.2, 0.25) is 0 Å². The number of unbranched alkanes of at least 4 members (excludes halogenated alkanes) is 1. The molecular weight excluding hydrogens is 352 g/mol. The molecule has 1 aromatic carbocycles. The Hall–Kier alpha value is -2.76. The lowest BCUT2D eigenvalue weighted by Crippen LogP contribution is -2.39. The van der Waals surface area contributed by atoms with Crippen LogP contribution in [0.3, 0.4) is 0 Å². The molecule has 0 saturated carbocycles. The van der Waals surface area contributed by atoms with E-state index in [1.165, 1.54) is 5.56 Å². The highest BCUT2D eigenvalue weighted by atomic mass is 16.5. The van der Waals surface area contributed by atoms with Crippen LogP contribution in [0.5, 0.6) is 5.75 Å². The van der Waals surface area contributed by atoms with Crippen molar-refractivity contribution in [1.29, 1.82) is 0 Å². The molecule has 0 aliphatic carbocycles. The molecule has 6 heteroatoms. The molecule has 152 valence electrons. The van der Waals surface area contributed by atoms with Crippen molar-refractivity contribution in [3.8, 4) is 5.75 Å². The molecule has 0 bridgehead atoms. The highest BCUT2D eigenvalue weighted by molar-refractivity contribution is 5.79. The maximum absolute atomic E-state index is 11.9. The van der Waals surface area contributed by atoms with Gasteiger partial charge in [-0.25, -0.2) is 0 Å². The van der Waals surface area contributed by atoms with Gasteiger partial charge in [-0.2, -0.15) is 0 Å². The first-order chi connectivity index (χ1) is 13.6. The average molecular weight is 385 g/mol.